The van der Waals surface area contributed by atoms with Gasteiger partial charge in [-0.25, -0.2) is 4.39 Å². The van der Waals surface area contributed by atoms with E-state index in [-0.39, 0.29) is 5.41 Å². The van der Waals surface area contributed by atoms with Gasteiger partial charge in [0.15, 0.2) is 5.79 Å². The van der Waals surface area contributed by atoms with E-state index in [4.69, 9.17) is 5.73 Å². The van der Waals surface area contributed by atoms with Crippen LogP contribution < -0.4 is 5.73 Å². The van der Waals surface area contributed by atoms with E-state index in [9.17, 15) is 4.39 Å². The largest absolute Gasteiger partial charge is 0.295 e. The SMILES string of the molecule is CC(C)(C)c1ccc2c(c1)CCC2(N)F. The maximum atomic E-state index is 13.8. The van der Waals surface area contributed by atoms with Crippen molar-refractivity contribution in [1.82, 2.24) is 0 Å². The molecule has 2 rings (SSSR count). The van der Waals surface area contributed by atoms with Crippen molar-refractivity contribution in [1.29, 1.82) is 0 Å². The number of aryl methyl sites for hydroxylation is 1. The zero-order valence-corrected chi connectivity index (χ0v) is 9.60. The van der Waals surface area contributed by atoms with Crippen LogP contribution in [0.2, 0.25) is 0 Å². The maximum Gasteiger partial charge on any atom is 0.185 e. The van der Waals surface area contributed by atoms with Crippen molar-refractivity contribution in [2.45, 2.75) is 44.8 Å². The van der Waals surface area contributed by atoms with Crippen LogP contribution in [0.25, 0.3) is 0 Å². The van der Waals surface area contributed by atoms with E-state index in [0.717, 1.165) is 12.0 Å². The number of hydrogen-bond donors (Lipinski definition) is 1. The number of fused-ring (bicyclic) bond motifs is 1. The molecular formula is C13H18FN. The molecular weight excluding hydrogens is 189 g/mol. The Balaban J connectivity index is 2.47. The molecule has 0 aromatic heterocycles. The lowest BCUT2D eigenvalue weighted by molar-refractivity contribution is 0.176. The lowest BCUT2D eigenvalue weighted by atomic mass is 9.85. The Labute approximate surface area is 90.5 Å². The van der Waals surface area contributed by atoms with Crippen LogP contribution in [0.5, 0.6) is 0 Å². The highest BCUT2D eigenvalue weighted by molar-refractivity contribution is 5.41. The van der Waals surface area contributed by atoms with E-state index in [0.29, 0.717) is 12.0 Å². The molecule has 1 aromatic carbocycles. The molecule has 1 aliphatic carbocycles. The summed E-state index contributed by atoms with van der Waals surface area (Å²) in [6, 6.07) is 5.94. The van der Waals surface area contributed by atoms with E-state index in [2.05, 4.69) is 26.8 Å². The van der Waals surface area contributed by atoms with Crippen molar-refractivity contribution in [3.05, 3.63) is 34.9 Å². The van der Waals surface area contributed by atoms with Gasteiger partial charge in [-0.2, -0.15) is 0 Å². The van der Waals surface area contributed by atoms with Gasteiger partial charge in [-0.05, 0) is 23.0 Å². The Kier molecular flexibility index (Phi) is 2.16. The van der Waals surface area contributed by atoms with Gasteiger partial charge in [0.05, 0.1) is 0 Å². The molecule has 2 heteroatoms. The maximum absolute atomic E-state index is 13.8. The third-order valence-electron chi connectivity index (χ3n) is 3.18. The molecule has 0 saturated heterocycles. The van der Waals surface area contributed by atoms with E-state index in [1.165, 1.54) is 5.56 Å². The van der Waals surface area contributed by atoms with Gasteiger partial charge >= 0.3 is 0 Å². The lowest BCUT2D eigenvalue weighted by Crippen LogP contribution is -2.28. The first-order valence-electron chi connectivity index (χ1n) is 5.42. The van der Waals surface area contributed by atoms with Crippen LogP contribution in [0.15, 0.2) is 18.2 Å². The molecule has 15 heavy (non-hydrogen) atoms. The summed E-state index contributed by atoms with van der Waals surface area (Å²) in [5, 5.41) is 0. The third-order valence-corrected chi connectivity index (χ3v) is 3.18. The van der Waals surface area contributed by atoms with Gasteiger partial charge in [0.2, 0.25) is 0 Å². The average molecular weight is 207 g/mol. The summed E-state index contributed by atoms with van der Waals surface area (Å²) in [4.78, 5) is 0. The van der Waals surface area contributed by atoms with Gasteiger partial charge in [-0.3, -0.25) is 5.73 Å². The van der Waals surface area contributed by atoms with Gasteiger partial charge in [0.25, 0.3) is 0 Å². The summed E-state index contributed by atoms with van der Waals surface area (Å²) in [6.07, 6.45) is 1.17. The van der Waals surface area contributed by atoms with Crippen LogP contribution in [0.1, 0.15) is 43.9 Å². The second kappa shape index (κ2) is 3.05. The van der Waals surface area contributed by atoms with Gasteiger partial charge < -0.3 is 0 Å². The van der Waals surface area contributed by atoms with E-state index < -0.39 is 5.79 Å². The average Bonchev–Trinajstić information content (AvgIpc) is 2.41. The van der Waals surface area contributed by atoms with E-state index >= 15 is 0 Å². The Hall–Kier alpha value is -0.890. The van der Waals surface area contributed by atoms with Gasteiger partial charge in [0, 0.05) is 12.0 Å². The molecule has 1 aliphatic rings. The van der Waals surface area contributed by atoms with Crippen molar-refractivity contribution in [3.63, 3.8) is 0 Å². The summed E-state index contributed by atoms with van der Waals surface area (Å²) in [6.45, 7) is 6.48. The molecule has 1 atom stereocenters. The quantitative estimate of drug-likeness (QED) is 0.650. The third kappa shape index (κ3) is 1.78. The van der Waals surface area contributed by atoms with E-state index in [1.54, 1.807) is 0 Å². The van der Waals surface area contributed by atoms with Crippen LogP contribution in [0.4, 0.5) is 4.39 Å². The monoisotopic (exact) mass is 207 g/mol. The van der Waals surface area contributed by atoms with Crippen molar-refractivity contribution < 1.29 is 4.39 Å². The van der Waals surface area contributed by atoms with Crippen molar-refractivity contribution >= 4 is 0 Å². The fourth-order valence-corrected chi connectivity index (χ4v) is 2.12. The molecule has 0 heterocycles. The highest BCUT2D eigenvalue weighted by Gasteiger charge is 2.35. The normalized spacial score (nSPS) is 25.4. The second-order valence-electron chi connectivity index (χ2n) is 5.48. The summed E-state index contributed by atoms with van der Waals surface area (Å²) in [5.41, 5.74) is 8.70. The Morgan fingerprint density at radius 2 is 2.00 bits per heavy atom. The Morgan fingerprint density at radius 1 is 1.33 bits per heavy atom. The number of halogens is 1. The topological polar surface area (TPSA) is 26.0 Å². The Morgan fingerprint density at radius 3 is 2.60 bits per heavy atom. The summed E-state index contributed by atoms with van der Waals surface area (Å²) >= 11 is 0. The first-order chi connectivity index (χ1) is 6.81. The predicted octanol–water partition coefficient (Wildman–Crippen LogP) is 3.01. The first kappa shape index (κ1) is 10.6. The number of rotatable bonds is 0. The second-order valence-corrected chi connectivity index (χ2v) is 5.48. The van der Waals surface area contributed by atoms with Crippen molar-refractivity contribution in [3.8, 4) is 0 Å². The van der Waals surface area contributed by atoms with Crippen LogP contribution in [0.3, 0.4) is 0 Å². The van der Waals surface area contributed by atoms with Crippen LogP contribution >= 0.6 is 0 Å². The lowest BCUT2D eigenvalue weighted by Gasteiger charge is -2.21. The van der Waals surface area contributed by atoms with Crippen LogP contribution in [-0.4, -0.2) is 0 Å². The minimum Gasteiger partial charge on any atom is -0.295 e. The Bertz CT molecular complexity index is 388. The minimum absolute atomic E-state index is 0.116. The fraction of sp³-hybridized carbons (Fsp3) is 0.538. The zero-order valence-electron chi connectivity index (χ0n) is 9.60. The predicted molar refractivity (Wildman–Crippen MR) is 60.4 cm³/mol. The highest BCUT2D eigenvalue weighted by atomic mass is 19.1. The molecule has 2 N–H and O–H groups in total. The molecule has 0 bridgehead atoms. The summed E-state index contributed by atoms with van der Waals surface area (Å²) in [7, 11) is 0. The van der Waals surface area contributed by atoms with Gasteiger partial charge in [-0.15, -0.1) is 0 Å². The molecule has 0 spiro atoms. The molecule has 0 amide bonds. The standard InChI is InChI=1S/C13H18FN/c1-12(2,3)10-4-5-11-9(8-10)6-7-13(11,14)15/h4-5,8H,6-7,15H2,1-3H3. The van der Waals surface area contributed by atoms with Crippen LogP contribution in [0, 0.1) is 0 Å². The molecule has 0 saturated carbocycles. The number of nitrogens with two attached hydrogens (primary N) is 1. The van der Waals surface area contributed by atoms with Crippen LogP contribution in [-0.2, 0) is 17.6 Å². The molecule has 1 aromatic rings. The minimum atomic E-state index is -1.61. The smallest absolute Gasteiger partial charge is 0.185 e. The number of alkyl halides is 1. The summed E-state index contributed by atoms with van der Waals surface area (Å²) < 4.78 is 13.8. The van der Waals surface area contributed by atoms with E-state index in [1.807, 2.05) is 12.1 Å². The molecule has 0 fully saturated rings. The first-order valence-corrected chi connectivity index (χ1v) is 5.42. The zero-order chi connectivity index (χ0) is 11.3. The summed E-state index contributed by atoms with van der Waals surface area (Å²) in [5.74, 6) is -1.61. The number of benzene rings is 1. The fourth-order valence-electron chi connectivity index (χ4n) is 2.12. The molecule has 0 radical (unpaired) electrons. The molecule has 1 nitrogen and oxygen atoms in total. The van der Waals surface area contributed by atoms with Crippen molar-refractivity contribution in [2.24, 2.45) is 5.73 Å². The van der Waals surface area contributed by atoms with Gasteiger partial charge in [0.1, 0.15) is 0 Å². The molecule has 0 aliphatic heterocycles. The highest BCUT2D eigenvalue weighted by Crippen LogP contribution is 2.37. The molecule has 82 valence electrons. The van der Waals surface area contributed by atoms with Gasteiger partial charge in [-0.1, -0.05) is 39.0 Å². The number of hydrogen-bond acceptors (Lipinski definition) is 1. The van der Waals surface area contributed by atoms with Crippen molar-refractivity contribution in [2.75, 3.05) is 0 Å². The molecule has 1 unspecified atom stereocenters.